The number of rotatable bonds is 6. The van der Waals surface area contributed by atoms with Gasteiger partial charge in [-0.3, -0.25) is 4.79 Å². The maximum atomic E-state index is 12.5. The first-order chi connectivity index (χ1) is 13.4. The minimum atomic E-state index is -0.570. The number of nitrogens with one attached hydrogen (secondary N) is 1. The number of benzene rings is 1. The third-order valence-electron chi connectivity index (χ3n) is 4.21. The number of hydrogen-bond acceptors (Lipinski definition) is 6. The number of methoxy groups -OCH3 is 1. The standard InChI is InChI=1S/C20H21N3O5/c1-12-9-17(14(3)23(12)15-5-7-16(26-4)8-6-15)20(25)27-11-19(24)21-18-10-13(2)28-22-18/h5-10H,11H2,1-4H3,(H,21,22,24). The summed E-state index contributed by atoms with van der Waals surface area (Å²) < 4.78 is 17.1. The van der Waals surface area contributed by atoms with E-state index in [1.54, 1.807) is 26.2 Å². The van der Waals surface area contributed by atoms with E-state index >= 15 is 0 Å². The molecule has 3 aromatic rings. The van der Waals surface area contributed by atoms with Crippen LogP contribution in [0.4, 0.5) is 5.82 Å². The topological polar surface area (TPSA) is 95.6 Å². The number of hydrogen-bond donors (Lipinski definition) is 1. The molecule has 1 N–H and O–H groups in total. The molecule has 8 heteroatoms. The Balaban J connectivity index is 1.69. The molecule has 0 fully saturated rings. The van der Waals surface area contributed by atoms with E-state index in [0.29, 0.717) is 11.3 Å². The van der Waals surface area contributed by atoms with Gasteiger partial charge in [0.2, 0.25) is 0 Å². The highest BCUT2D eigenvalue weighted by Crippen LogP contribution is 2.23. The van der Waals surface area contributed by atoms with Crippen molar-refractivity contribution in [3.63, 3.8) is 0 Å². The van der Waals surface area contributed by atoms with Gasteiger partial charge in [-0.1, -0.05) is 5.16 Å². The number of ether oxygens (including phenoxy) is 2. The Morgan fingerprint density at radius 1 is 1.14 bits per heavy atom. The first-order valence-electron chi connectivity index (χ1n) is 8.62. The molecule has 146 valence electrons. The zero-order valence-corrected chi connectivity index (χ0v) is 16.1. The highest BCUT2D eigenvalue weighted by Gasteiger charge is 2.19. The maximum absolute atomic E-state index is 12.5. The predicted octanol–water partition coefficient (Wildman–Crippen LogP) is 3.19. The lowest BCUT2D eigenvalue weighted by Crippen LogP contribution is -2.21. The van der Waals surface area contributed by atoms with Gasteiger partial charge in [-0.2, -0.15) is 0 Å². The summed E-state index contributed by atoms with van der Waals surface area (Å²) in [6.07, 6.45) is 0. The van der Waals surface area contributed by atoms with Gasteiger partial charge in [0, 0.05) is 23.1 Å². The summed E-state index contributed by atoms with van der Waals surface area (Å²) in [7, 11) is 1.61. The van der Waals surface area contributed by atoms with Crippen LogP contribution < -0.4 is 10.1 Å². The summed E-state index contributed by atoms with van der Waals surface area (Å²) in [6.45, 7) is 5.01. The van der Waals surface area contributed by atoms with Crippen molar-refractivity contribution in [1.29, 1.82) is 0 Å². The Bertz CT molecular complexity index is 1000. The van der Waals surface area contributed by atoms with E-state index in [4.69, 9.17) is 14.0 Å². The van der Waals surface area contributed by atoms with E-state index in [2.05, 4.69) is 10.5 Å². The molecule has 0 spiro atoms. The number of esters is 1. The predicted molar refractivity (Wildman–Crippen MR) is 102 cm³/mol. The molecule has 0 bridgehead atoms. The van der Waals surface area contributed by atoms with E-state index < -0.39 is 18.5 Å². The molecule has 0 saturated carbocycles. The molecule has 0 radical (unpaired) electrons. The summed E-state index contributed by atoms with van der Waals surface area (Å²) >= 11 is 0. The molecule has 0 unspecified atom stereocenters. The van der Waals surface area contributed by atoms with Crippen LogP contribution in [0.3, 0.4) is 0 Å². The first kappa shape index (κ1) is 19.2. The molecule has 0 aliphatic carbocycles. The zero-order chi connectivity index (χ0) is 20.3. The smallest absolute Gasteiger partial charge is 0.340 e. The van der Waals surface area contributed by atoms with Crippen molar-refractivity contribution in [1.82, 2.24) is 9.72 Å². The minimum Gasteiger partial charge on any atom is -0.497 e. The number of nitrogens with zero attached hydrogens (tertiary/aromatic N) is 2. The van der Waals surface area contributed by atoms with E-state index in [-0.39, 0.29) is 5.82 Å². The van der Waals surface area contributed by atoms with Crippen LogP contribution in [0.25, 0.3) is 5.69 Å². The van der Waals surface area contributed by atoms with Crippen LogP contribution in [-0.4, -0.2) is 35.3 Å². The first-order valence-corrected chi connectivity index (χ1v) is 8.62. The van der Waals surface area contributed by atoms with Crippen molar-refractivity contribution in [2.45, 2.75) is 20.8 Å². The number of anilines is 1. The summed E-state index contributed by atoms with van der Waals surface area (Å²) in [5.41, 5.74) is 2.89. The van der Waals surface area contributed by atoms with Gasteiger partial charge in [-0.15, -0.1) is 0 Å². The number of aryl methyl sites for hydroxylation is 2. The quantitative estimate of drug-likeness (QED) is 0.657. The molecule has 3 rings (SSSR count). The highest BCUT2D eigenvalue weighted by atomic mass is 16.5. The van der Waals surface area contributed by atoms with Crippen LogP contribution in [0.2, 0.25) is 0 Å². The SMILES string of the molecule is COc1ccc(-n2c(C)cc(C(=O)OCC(=O)Nc3cc(C)on3)c2C)cc1. The third kappa shape index (κ3) is 4.06. The van der Waals surface area contributed by atoms with Crippen LogP contribution in [0.1, 0.15) is 27.5 Å². The summed E-state index contributed by atoms with van der Waals surface area (Å²) in [4.78, 5) is 24.4. The molecule has 28 heavy (non-hydrogen) atoms. The molecule has 0 aliphatic rings. The number of carbonyl (C=O) groups excluding carboxylic acids is 2. The molecule has 2 heterocycles. The fraction of sp³-hybridized carbons (Fsp3) is 0.250. The molecule has 1 aromatic carbocycles. The van der Waals surface area contributed by atoms with Gasteiger partial charge in [-0.25, -0.2) is 4.79 Å². The molecule has 0 atom stereocenters. The van der Waals surface area contributed by atoms with Crippen molar-refractivity contribution in [2.24, 2.45) is 0 Å². The Morgan fingerprint density at radius 3 is 2.46 bits per heavy atom. The summed E-state index contributed by atoms with van der Waals surface area (Å²) in [5.74, 6) is 0.526. The van der Waals surface area contributed by atoms with Crippen LogP contribution in [0.15, 0.2) is 40.9 Å². The summed E-state index contributed by atoms with van der Waals surface area (Å²) in [5, 5.41) is 6.16. The van der Waals surface area contributed by atoms with Gasteiger partial charge in [0.15, 0.2) is 12.4 Å². The van der Waals surface area contributed by atoms with Crippen LogP contribution in [-0.2, 0) is 9.53 Å². The molecule has 0 saturated heterocycles. The average Bonchev–Trinajstić information content (AvgIpc) is 3.22. The van der Waals surface area contributed by atoms with E-state index in [1.807, 2.05) is 42.7 Å². The van der Waals surface area contributed by atoms with Gasteiger partial charge in [0.25, 0.3) is 5.91 Å². The Hall–Kier alpha value is -3.55. The largest absolute Gasteiger partial charge is 0.497 e. The average molecular weight is 383 g/mol. The molecule has 0 aliphatic heterocycles. The molecular weight excluding hydrogens is 362 g/mol. The van der Waals surface area contributed by atoms with Crippen LogP contribution in [0.5, 0.6) is 5.75 Å². The second kappa shape index (κ2) is 7.99. The minimum absolute atomic E-state index is 0.274. The fourth-order valence-electron chi connectivity index (χ4n) is 2.91. The Labute approximate surface area is 162 Å². The van der Waals surface area contributed by atoms with Gasteiger partial charge in [-0.05, 0) is 51.1 Å². The van der Waals surface area contributed by atoms with Crippen molar-refractivity contribution in [3.8, 4) is 11.4 Å². The lowest BCUT2D eigenvalue weighted by atomic mass is 10.2. The molecule has 8 nitrogen and oxygen atoms in total. The van der Waals surface area contributed by atoms with Gasteiger partial charge in [0.05, 0.1) is 12.7 Å². The Kier molecular flexibility index (Phi) is 5.49. The van der Waals surface area contributed by atoms with Crippen molar-refractivity contribution >= 4 is 17.7 Å². The normalized spacial score (nSPS) is 10.6. The number of carbonyl (C=O) groups is 2. The van der Waals surface area contributed by atoms with Gasteiger partial charge in [0.1, 0.15) is 11.5 Å². The van der Waals surface area contributed by atoms with E-state index in [1.165, 1.54) is 0 Å². The fourth-order valence-corrected chi connectivity index (χ4v) is 2.91. The second-order valence-corrected chi connectivity index (χ2v) is 6.27. The monoisotopic (exact) mass is 383 g/mol. The third-order valence-corrected chi connectivity index (χ3v) is 4.21. The van der Waals surface area contributed by atoms with E-state index in [9.17, 15) is 9.59 Å². The zero-order valence-electron chi connectivity index (χ0n) is 16.1. The van der Waals surface area contributed by atoms with Crippen molar-refractivity contribution in [2.75, 3.05) is 19.0 Å². The second-order valence-electron chi connectivity index (χ2n) is 6.27. The van der Waals surface area contributed by atoms with Gasteiger partial charge < -0.3 is 23.9 Å². The Morgan fingerprint density at radius 2 is 1.86 bits per heavy atom. The molecular formula is C20H21N3O5. The lowest BCUT2D eigenvalue weighted by molar-refractivity contribution is -0.119. The number of amides is 1. The van der Waals surface area contributed by atoms with Crippen LogP contribution >= 0.6 is 0 Å². The molecule has 1 amide bonds. The van der Waals surface area contributed by atoms with Crippen molar-refractivity contribution in [3.05, 3.63) is 59.1 Å². The van der Waals surface area contributed by atoms with Gasteiger partial charge >= 0.3 is 5.97 Å². The molecule has 2 aromatic heterocycles. The van der Waals surface area contributed by atoms with Crippen molar-refractivity contribution < 1.29 is 23.6 Å². The number of aromatic nitrogens is 2. The highest BCUT2D eigenvalue weighted by molar-refractivity contribution is 5.95. The van der Waals surface area contributed by atoms with E-state index in [0.717, 1.165) is 22.8 Å². The maximum Gasteiger partial charge on any atom is 0.340 e. The van der Waals surface area contributed by atoms with Crippen LogP contribution in [0, 0.1) is 20.8 Å². The summed E-state index contributed by atoms with van der Waals surface area (Å²) in [6, 6.07) is 10.8. The lowest BCUT2D eigenvalue weighted by Gasteiger charge is -2.10.